The van der Waals surface area contributed by atoms with Crippen LogP contribution in [0, 0.1) is 0 Å². The van der Waals surface area contributed by atoms with Crippen molar-refractivity contribution in [1.29, 1.82) is 0 Å². The Labute approximate surface area is 418 Å². The molecule has 9 aliphatic rings. The second-order valence-corrected chi connectivity index (χ2v) is 39.9. The van der Waals surface area contributed by atoms with Crippen molar-refractivity contribution in [2.45, 2.75) is 181 Å². The summed E-state index contributed by atoms with van der Waals surface area (Å²) in [7, 11) is 18.4. The van der Waals surface area contributed by atoms with Crippen molar-refractivity contribution in [3.8, 4) is 0 Å². The van der Waals surface area contributed by atoms with Crippen molar-refractivity contribution in [3.05, 3.63) is 209 Å². The van der Waals surface area contributed by atoms with E-state index in [-0.39, 0.29) is 44.3 Å². The molecule has 0 atom stereocenters. The minimum atomic E-state index is -4.51. The van der Waals surface area contributed by atoms with E-state index in [1.54, 1.807) is 16.7 Å². The average Bonchev–Trinajstić information content (AvgIpc) is 3.29. The summed E-state index contributed by atoms with van der Waals surface area (Å²) in [6, 6.07) is 44.4. The zero-order valence-electron chi connectivity index (χ0n) is 42.8. The van der Waals surface area contributed by atoms with Gasteiger partial charge in [0.25, 0.3) is 0 Å². The molecule has 0 spiro atoms. The zero-order chi connectivity index (χ0) is 47.7. The normalized spacial score (nSPS) is 27.8. The van der Waals surface area contributed by atoms with Gasteiger partial charge < -0.3 is 0 Å². The molecule has 0 saturated heterocycles. The molecule has 0 amide bonds. The summed E-state index contributed by atoms with van der Waals surface area (Å²) in [4.78, 5) is 0. The number of hydrogen-bond acceptors (Lipinski definition) is 0. The molecule has 15 rings (SSSR count). The van der Waals surface area contributed by atoms with Crippen molar-refractivity contribution in [2.75, 3.05) is 0 Å². The van der Waals surface area contributed by atoms with Crippen LogP contribution in [0.5, 0.6) is 0 Å². The van der Waals surface area contributed by atoms with Crippen molar-refractivity contribution >= 4 is 31.4 Å². The second kappa shape index (κ2) is 13.5. The summed E-state index contributed by atoms with van der Waals surface area (Å²) >= 11 is -4.51. The van der Waals surface area contributed by atoms with E-state index in [2.05, 4.69) is 192 Å². The average molecular weight is 995 g/mol. The van der Waals surface area contributed by atoms with Gasteiger partial charge in [0.2, 0.25) is 0 Å². The number of benzene rings is 6. The van der Waals surface area contributed by atoms with Gasteiger partial charge in [-0.1, -0.05) is 0 Å². The topological polar surface area (TPSA) is 0 Å². The molecule has 0 heterocycles. The van der Waals surface area contributed by atoms with Gasteiger partial charge in [0, 0.05) is 0 Å². The molecule has 0 N–H and O–H groups in total. The molecule has 6 aromatic rings. The zero-order valence-corrected chi connectivity index (χ0v) is 46.4. The van der Waals surface area contributed by atoms with E-state index in [9.17, 15) is 20.0 Å². The Hall–Kier alpha value is -3.56. The monoisotopic (exact) mass is 994 g/mol. The van der Waals surface area contributed by atoms with Crippen LogP contribution in [0.15, 0.2) is 109 Å². The van der Waals surface area contributed by atoms with Gasteiger partial charge in [-0.05, 0) is 0 Å². The Bertz CT molecular complexity index is 2900. The van der Waals surface area contributed by atoms with E-state index in [0.29, 0.717) is 5.25 Å². The van der Waals surface area contributed by atoms with Crippen LogP contribution in [-0.2, 0) is 42.2 Å². The number of rotatable bonds is 3. The Morgan fingerprint density at radius 1 is 0.338 bits per heavy atom. The minimum absolute atomic E-state index is 0.0326. The van der Waals surface area contributed by atoms with Crippen LogP contribution in [-0.4, -0.2) is 11.4 Å². The maximum atomic E-state index is 9.19. The van der Waals surface area contributed by atoms with Crippen LogP contribution in [0.25, 0.3) is 0 Å². The predicted octanol–water partition coefficient (Wildman–Crippen LogP) is 17.2. The molecule has 0 aromatic heterocycles. The molecular formula is C65H70Cl2Ge. The van der Waals surface area contributed by atoms with Crippen LogP contribution in [0.4, 0.5) is 0 Å². The van der Waals surface area contributed by atoms with Crippen molar-refractivity contribution < 1.29 is 0 Å². The Kier molecular flexibility index (Phi) is 8.80. The van der Waals surface area contributed by atoms with Crippen molar-refractivity contribution in [2.24, 2.45) is 0 Å². The second-order valence-electron chi connectivity index (χ2n) is 26.9. The van der Waals surface area contributed by atoms with Crippen LogP contribution < -0.4 is 0 Å². The molecule has 348 valence electrons. The van der Waals surface area contributed by atoms with Gasteiger partial charge in [-0.25, -0.2) is 0 Å². The van der Waals surface area contributed by atoms with Crippen LogP contribution >= 0.6 is 20.0 Å². The Morgan fingerprint density at radius 2 is 0.588 bits per heavy atom. The van der Waals surface area contributed by atoms with E-state index in [1.165, 1.54) is 122 Å². The van der Waals surface area contributed by atoms with E-state index in [4.69, 9.17) is 0 Å². The van der Waals surface area contributed by atoms with Crippen LogP contribution in [0.3, 0.4) is 0 Å². The molecular weight excluding hydrogens is 924 g/mol. The van der Waals surface area contributed by atoms with Gasteiger partial charge in [-0.3, -0.25) is 0 Å². The first kappa shape index (κ1) is 44.4. The molecule has 0 aliphatic heterocycles. The van der Waals surface area contributed by atoms with Crippen molar-refractivity contribution in [1.82, 2.24) is 0 Å². The first-order valence-corrected chi connectivity index (χ1v) is 34.2. The SMILES string of the molecule is CC1(C)CCC(C)(C)c2cc3c(cc21)C1c2cc4c(cc2C3([CH2][Ge]([Cl])([Cl])[C]23c5ccccc5C(c5ccccc52)c2ccccc23)c2cc3c(cc21)C(C)(C)CCC3(C)C)C(C)(C)CCC4(C)C. The summed E-state index contributed by atoms with van der Waals surface area (Å²) in [5, 5.41) is 0.700. The molecule has 68 heavy (non-hydrogen) atoms. The predicted molar refractivity (Wildman–Crippen MR) is 288 cm³/mol. The van der Waals surface area contributed by atoms with E-state index >= 15 is 0 Å². The Morgan fingerprint density at radius 3 is 0.882 bits per heavy atom. The van der Waals surface area contributed by atoms with Gasteiger partial charge in [0.15, 0.2) is 0 Å². The molecule has 4 bridgehead atoms. The van der Waals surface area contributed by atoms with Crippen LogP contribution in [0.2, 0.25) is 5.25 Å². The molecule has 9 aliphatic carbocycles. The third-order valence-corrected chi connectivity index (χ3v) is 30.8. The Balaban J connectivity index is 1.21. The number of fused-ring (bicyclic) bond motifs is 3. The maximum absolute atomic E-state index is 9.19. The van der Waals surface area contributed by atoms with E-state index < -0.39 is 21.1 Å². The summed E-state index contributed by atoms with van der Waals surface area (Å²) in [5.41, 5.74) is 26.0. The van der Waals surface area contributed by atoms with Gasteiger partial charge in [0.1, 0.15) is 0 Å². The van der Waals surface area contributed by atoms with Gasteiger partial charge >= 0.3 is 422 Å². The quantitative estimate of drug-likeness (QED) is 0.155. The molecule has 0 fully saturated rings. The molecule has 3 heteroatoms. The fraction of sp³-hybridized carbons (Fsp3) is 0.446. The number of hydrogen-bond donors (Lipinski definition) is 0. The standard InChI is InChI=1S/C65H70Cl2Ge/c1-58(2)25-28-61(7,8)53-34-47-41(31-50(53)58)57-42-32-51-54(62(9,10)29-26-59(51,3)4)35-48(42)64(47,49-36-55-52(33-43(49)57)60(5,6)27-30-63(55,11)12)37-68(66,67)65-44-22-16-13-19-38(44)56(39-20-14-17-23-45(39)65)40-21-15-18-24-46(40)65/h13-24,31-36,56-57H,25-30,37H2,1-12H3. The molecule has 0 radical (unpaired) electrons. The summed E-state index contributed by atoms with van der Waals surface area (Å²) in [5.74, 6) is 0.280. The molecule has 0 unspecified atom stereocenters. The molecule has 0 nitrogen and oxygen atoms in total. The summed E-state index contributed by atoms with van der Waals surface area (Å²) < 4.78 is -0.661. The molecule has 6 aromatic carbocycles. The van der Waals surface area contributed by atoms with E-state index in [1.807, 2.05) is 0 Å². The van der Waals surface area contributed by atoms with Crippen LogP contribution in [0.1, 0.15) is 234 Å². The van der Waals surface area contributed by atoms with Gasteiger partial charge in [-0.2, -0.15) is 0 Å². The fourth-order valence-electron chi connectivity index (χ4n) is 16.2. The summed E-state index contributed by atoms with van der Waals surface area (Å²) in [6.07, 6.45) is 7.07. The van der Waals surface area contributed by atoms with E-state index in [0.717, 1.165) is 0 Å². The van der Waals surface area contributed by atoms with Gasteiger partial charge in [0.05, 0.1) is 0 Å². The third-order valence-electron chi connectivity index (χ3n) is 20.4. The van der Waals surface area contributed by atoms with Gasteiger partial charge in [-0.15, -0.1) is 0 Å². The number of halogens is 2. The third kappa shape index (κ3) is 5.37. The first-order valence-electron chi connectivity index (χ1n) is 26.1. The first-order chi connectivity index (χ1) is 31.9. The fourth-order valence-corrected chi connectivity index (χ4v) is 28.5. The summed E-state index contributed by atoms with van der Waals surface area (Å²) in [6.45, 7) is 30.2. The molecule has 0 saturated carbocycles. The van der Waals surface area contributed by atoms with Crippen molar-refractivity contribution in [3.63, 3.8) is 0 Å².